The number of carbonyl (C=O) groups excluding carboxylic acids is 2. The smallest absolute Gasteiger partial charge is 0.356 e. The maximum Gasteiger partial charge on any atom is 0.416 e. The Hall–Kier alpha value is -2.05. The lowest BCUT2D eigenvalue weighted by molar-refractivity contribution is -0.137. The Morgan fingerprint density at radius 2 is 1.90 bits per heavy atom. The minimum Gasteiger partial charge on any atom is -0.356 e. The largest absolute Gasteiger partial charge is 0.416 e. The fourth-order valence-corrected chi connectivity index (χ4v) is 1.45. The number of hydrogen-bond acceptors (Lipinski definition) is 2. The number of rotatable bonds is 5. The molecule has 0 fully saturated rings. The summed E-state index contributed by atoms with van der Waals surface area (Å²) in [4.78, 5) is 22.8. The number of nitrogens with one attached hydrogen (secondary N) is 2. The molecule has 2 N–H and O–H groups in total. The molecule has 0 aromatic heterocycles. The Balaban J connectivity index is 2.60. The molecule has 0 saturated heterocycles. The number of alkyl halides is 3. The van der Waals surface area contributed by atoms with Gasteiger partial charge in [-0.15, -0.1) is 0 Å². The molecule has 20 heavy (non-hydrogen) atoms. The van der Waals surface area contributed by atoms with Gasteiger partial charge in [-0.2, -0.15) is 13.2 Å². The fourth-order valence-electron chi connectivity index (χ4n) is 1.45. The van der Waals surface area contributed by atoms with Crippen molar-refractivity contribution in [2.75, 3.05) is 11.9 Å². The minimum absolute atomic E-state index is 0.00752. The first kappa shape index (κ1) is 16.0. The molecule has 0 unspecified atom stereocenters. The summed E-state index contributed by atoms with van der Waals surface area (Å²) >= 11 is 0. The van der Waals surface area contributed by atoms with Crippen LogP contribution in [-0.2, 0) is 15.8 Å². The summed E-state index contributed by atoms with van der Waals surface area (Å²) in [5.41, 5.74) is -0.848. The van der Waals surface area contributed by atoms with E-state index in [2.05, 4.69) is 10.6 Å². The summed E-state index contributed by atoms with van der Waals surface area (Å²) in [6.07, 6.45) is -4.16. The Bertz CT molecular complexity index is 487. The van der Waals surface area contributed by atoms with Crippen molar-refractivity contribution in [3.63, 3.8) is 0 Å². The predicted molar refractivity (Wildman–Crippen MR) is 68.0 cm³/mol. The van der Waals surface area contributed by atoms with Crippen molar-refractivity contribution in [1.29, 1.82) is 0 Å². The standard InChI is InChI=1S/C13H15F3N2O2/c1-2-6-17-11(19)8-12(20)18-10-5-3-4-9(7-10)13(14,15)16/h3-5,7H,2,6,8H2,1H3,(H,17,19)(H,18,20). The van der Waals surface area contributed by atoms with E-state index in [1.54, 1.807) is 0 Å². The van der Waals surface area contributed by atoms with Crippen LogP contribution >= 0.6 is 0 Å². The van der Waals surface area contributed by atoms with Crippen LogP contribution in [0.25, 0.3) is 0 Å². The zero-order valence-electron chi connectivity index (χ0n) is 10.9. The lowest BCUT2D eigenvalue weighted by Crippen LogP contribution is -2.28. The van der Waals surface area contributed by atoms with Gasteiger partial charge in [0.05, 0.1) is 5.56 Å². The summed E-state index contributed by atoms with van der Waals surface area (Å²) in [5.74, 6) is -1.12. The Labute approximate surface area is 114 Å². The van der Waals surface area contributed by atoms with E-state index < -0.39 is 30.0 Å². The minimum atomic E-state index is -4.47. The van der Waals surface area contributed by atoms with Crippen molar-refractivity contribution in [2.45, 2.75) is 25.9 Å². The van der Waals surface area contributed by atoms with Crippen LogP contribution < -0.4 is 10.6 Å². The average Bonchev–Trinajstić information content (AvgIpc) is 2.35. The molecule has 0 radical (unpaired) electrons. The fraction of sp³-hybridized carbons (Fsp3) is 0.385. The van der Waals surface area contributed by atoms with Gasteiger partial charge in [0.2, 0.25) is 11.8 Å². The van der Waals surface area contributed by atoms with Gasteiger partial charge in [0.1, 0.15) is 6.42 Å². The van der Waals surface area contributed by atoms with Crippen molar-refractivity contribution in [1.82, 2.24) is 5.32 Å². The molecular weight excluding hydrogens is 273 g/mol. The van der Waals surface area contributed by atoms with Gasteiger partial charge in [-0.3, -0.25) is 9.59 Å². The first-order valence-corrected chi connectivity index (χ1v) is 6.06. The average molecular weight is 288 g/mol. The van der Waals surface area contributed by atoms with Crippen LogP contribution in [0.1, 0.15) is 25.3 Å². The van der Waals surface area contributed by atoms with Gasteiger partial charge in [0, 0.05) is 12.2 Å². The third-order valence-corrected chi connectivity index (χ3v) is 2.37. The maximum absolute atomic E-state index is 12.5. The van der Waals surface area contributed by atoms with Gasteiger partial charge in [-0.1, -0.05) is 13.0 Å². The quantitative estimate of drug-likeness (QED) is 0.818. The van der Waals surface area contributed by atoms with E-state index in [0.717, 1.165) is 18.6 Å². The molecule has 0 aliphatic rings. The monoisotopic (exact) mass is 288 g/mol. The topological polar surface area (TPSA) is 58.2 Å². The molecule has 2 amide bonds. The van der Waals surface area contributed by atoms with E-state index in [9.17, 15) is 22.8 Å². The molecule has 0 heterocycles. The summed E-state index contributed by atoms with van der Waals surface area (Å²) in [7, 11) is 0. The maximum atomic E-state index is 12.5. The first-order valence-electron chi connectivity index (χ1n) is 6.06. The highest BCUT2D eigenvalue weighted by molar-refractivity contribution is 6.03. The van der Waals surface area contributed by atoms with Crippen LogP contribution in [0.3, 0.4) is 0 Å². The number of anilines is 1. The van der Waals surface area contributed by atoms with Crippen molar-refractivity contribution in [2.24, 2.45) is 0 Å². The van der Waals surface area contributed by atoms with E-state index in [1.165, 1.54) is 12.1 Å². The van der Waals surface area contributed by atoms with Gasteiger partial charge < -0.3 is 10.6 Å². The van der Waals surface area contributed by atoms with Crippen molar-refractivity contribution < 1.29 is 22.8 Å². The van der Waals surface area contributed by atoms with Gasteiger partial charge in [0.25, 0.3) is 0 Å². The van der Waals surface area contributed by atoms with Crippen LogP contribution in [0, 0.1) is 0 Å². The highest BCUT2D eigenvalue weighted by atomic mass is 19.4. The van der Waals surface area contributed by atoms with E-state index in [1.807, 2.05) is 6.92 Å². The molecule has 110 valence electrons. The van der Waals surface area contributed by atoms with Crippen LogP contribution in [0.15, 0.2) is 24.3 Å². The molecule has 1 aromatic rings. The van der Waals surface area contributed by atoms with Crippen molar-refractivity contribution >= 4 is 17.5 Å². The molecular formula is C13H15F3N2O2. The Morgan fingerprint density at radius 1 is 1.20 bits per heavy atom. The third kappa shape index (κ3) is 5.29. The summed E-state index contributed by atoms with van der Waals surface area (Å²) in [5, 5.41) is 4.77. The molecule has 0 saturated carbocycles. The molecule has 1 aromatic carbocycles. The molecule has 7 heteroatoms. The lowest BCUT2D eigenvalue weighted by atomic mass is 10.2. The van der Waals surface area contributed by atoms with E-state index in [4.69, 9.17) is 0 Å². The van der Waals surface area contributed by atoms with Crippen molar-refractivity contribution in [3.8, 4) is 0 Å². The highest BCUT2D eigenvalue weighted by Crippen LogP contribution is 2.30. The molecule has 0 aliphatic carbocycles. The zero-order valence-corrected chi connectivity index (χ0v) is 10.9. The summed E-state index contributed by atoms with van der Waals surface area (Å²) in [6.45, 7) is 2.32. The molecule has 0 spiro atoms. The second-order valence-electron chi connectivity index (χ2n) is 4.15. The van der Waals surface area contributed by atoms with Crippen molar-refractivity contribution in [3.05, 3.63) is 29.8 Å². The van der Waals surface area contributed by atoms with Gasteiger partial charge in [-0.25, -0.2) is 0 Å². The predicted octanol–water partition coefficient (Wildman–Crippen LogP) is 2.56. The van der Waals surface area contributed by atoms with E-state index in [-0.39, 0.29) is 5.69 Å². The molecule has 1 rings (SSSR count). The molecule has 0 bridgehead atoms. The van der Waals surface area contributed by atoms with Crippen LogP contribution in [0.5, 0.6) is 0 Å². The number of hydrogen-bond donors (Lipinski definition) is 2. The van der Waals surface area contributed by atoms with Gasteiger partial charge in [-0.05, 0) is 24.6 Å². The normalized spacial score (nSPS) is 11.0. The molecule has 0 aliphatic heterocycles. The van der Waals surface area contributed by atoms with Crippen LogP contribution in [0.4, 0.5) is 18.9 Å². The van der Waals surface area contributed by atoms with Crippen LogP contribution in [-0.4, -0.2) is 18.4 Å². The van der Waals surface area contributed by atoms with E-state index in [0.29, 0.717) is 6.54 Å². The molecule has 0 atom stereocenters. The zero-order chi connectivity index (χ0) is 15.2. The van der Waals surface area contributed by atoms with Gasteiger partial charge >= 0.3 is 6.18 Å². The summed E-state index contributed by atoms with van der Waals surface area (Å²) in [6, 6.07) is 4.25. The molecule has 4 nitrogen and oxygen atoms in total. The van der Waals surface area contributed by atoms with Crippen LogP contribution in [0.2, 0.25) is 0 Å². The van der Waals surface area contributed by atoms with Gasteiger partial charge in [0.15, 0.2) is 0 Å². The lowest BCUT2D eigenvalue weighted by Gasteiger charge is -2.10. The second-order valence-corrected chi connectivity index (χ2v) is 4.15. The number of carbonyl (C=O) groups is 2. The Kier molecular flexibility index (Phi) is 5.54. The summed E-state index contributed by atoms with van der Waals surface area (Å²) < 4.78 is 37.4. The van der Waals surface area contributed by atoms with E-state index >= 15 is 0 Å². The third-order valence-electron chi connectivity index (χ3n) is 2.37. The highest BCUT2D eigenvalue weighted by Gasteiger charge is 2.30. The second kappa shape index (κ2) is 6.93. The number of halogens is 3. The SMILES string of the molecule is CCCNC(=O)CC(=O)Nc1cccc(C(F)(F)F)c1. The Morgan fingerprint density at radius 3 is 2.50 bits per heavy atom. The number of amides is 2. The number of benzene rings is 1. The first-order chi connectivity index (χ1) is 9.32.